The fourth-order valence-corrected chi connectivity index (χ4v) is 2.18. The Bertz CT molecular complexity index is 149. The van der Waals surface area contributed by atoms with Crippen molar-refractivity contribution < 1.29 is 9.47 Å². The molecular formula is C13H26O2. The van der Waals surface area contributed by atoms with Gasteiger partial charge >= 0.3 is 0 Å². The minimum atomic E-state index is 0.0605. The average molecular weight is 214 g/mol. The first kappa shape index (κ1) is 13.0. The highest BCUT2D eigenvalue weighted by atomic mass is 16.7. The highest BCUT2D eigenvalue weighted by Gasteiger charge is 2.23. The molecule has 1 rings (SSSR count). The lowest BCUT2D eigenvalue weighted by atomic mass is 10.1. The normalized spacial score (nSPS) is 31.8. The highest BCUT2D eigenvalue weighted by Crippen LogP contribution is 2.21. The third-order valence-electron chi connectivity index (χ3n) is 2.98. The summed E-state index contributed by atoms with van der Waals surface area (Å²) in [5.74, 6) is 0. The molecule has 1 aliphatic rings. The lowest BCUT2D eigenvalue weighted by molar-refractivity contribution is -0.236. The number of unbranched alkanes of at least 4 members (excludes halogenated alkanes) is 4. The Morgan fingerprint density at radius 2 is 1.53 bits per heavy atom. The topological polar surface area (TPSA) is 18.5 Å². The first-order valence-electron chi connectivity index (χ1n) is 6.53. The molecule has 0 spiro atoms. The second-order valence-electron chi connectivity index (χ2n) is 4.76. The summed E-state index contributed by atoms with van der Waals surface area (Å²) in [4.78, 5) is 0. The molecule has 0 aliphatic carbocycles. The SMILES string of the molecule is CCCCCCCC1O[C@@H](C)C[C@H](C)O1. The zero-order valence-electron chi connectivity index (χ0n) is 10.5. The largest absolute Gasteiger partial charge is 0.350 e. The Morgan fingerprint density at radius 1 is 0.933 bits per heavy atom. The van der Waals surface area contributed by atoms with Crippen LogP contribution in [0.2, 0.25) is 0 Å². The smallest absolute Gasteiger partial charge is 0.158 e. The van der Waals surface area contributed by atoms with Crippen molar-refractivity contribution in [2.45, 2.75) is 84.2 Å². The van der Waals surface area contributed by atoms with E-state index in [0.29, 0.717) is 12.2 Å². The maximum atomic E-state index is 5.74. The van der Waals surface area contributed by atoms with Crippen molar-refractivity contribution in [1.29, 1.82) is 0 Å². The fourth-order valence-electron chi connectivity index (χ4n) is 2.18. The van der Waals surface area contributed by atoms with Gasteiger partial charge in [-0.3, -0.25) is 0 Å². The summed E-state index contributed by atoms with van der Waals surface area (Å²) in [6.45, 7) is 6.53. The van der Waals surface area contributed by atoms with Crippen LogP contribution in [0.5, 0.6) is 0 Å². The Hall–Kier alpha value is -0.0800. The van der Waals surface area contributed by atoms with E-state index in [4.69, 9.17) is 9.47 Å². The zero-order chi connectivity index (χ0) is 11.1. The Kier molecular flexibility index (Phi) is 6.26. The van der Waals surface area contributed by atoms with Crippen molar-refractivity contribution in [2.75, 3.05) is 0 Å². The first-order chi connectivity index (χ1) is 7.22. The van der Waals surface area contributed by atoms with Gasteiger partial charge in [-0.15, -0.1) is 0 Å². The van der Waals surface area contributed by atoms with Crippen LogP contribution in [0.4, 0.5) is 0 Å². The lowest BCUT2D eigenvalue weighted by Gasteiger charge is -2.32. The van der Waals surface area contributed by atoms with Crippen LogP contribution in [0, 0.1) is 0 Å². The van der Waals surface area contributed by atoms with Gasteiger partial charge in [-0.2, -0.15) is 0 Å². The van der Waals surface area contributed by atoms with Gasteiger partial charge in [0.05, 0.1) is 12.2 Å². The quantitative estimate of drug-likeness (QED) is 0.625. The third-order valence-corrected chi connectivity index (χ3v) is 2.98. The minimum Gasteiger partial charge on any atom is -0.350 e. The van der Waals surface area contributed by atoms with Gasteiger partial charge in [-0.25, -0.2) is 0 Å². The van der Waals surface area contributed by atoms with Crippen molar-refractivity contribution in [2.24, 2.45) is 0 Å². The van der Waals surface area contributed by atoms with Crippen LogP contribution in [0.25, 0.3) is 0 Å². The third kappa shape index (κ3) is 5.53. The van der Waals surface area contributed by atoms with Gasteiger partial charge in [0.25, 0.3) is 0 Å². The summed E-state index contributed by atoms with van der Waals surface area (Å²) < 4.78 is 11.5. The molecule has 0 saturated carbocycles. The maximum Gasteiger partial charge on any atom is 0.158 e. The van der Waals surface area contributed by atoms with Crippen LogP contribution in [0.3, 0.4) is 0 Å². The molecule has 0 amide bonds. The van der Waals surface area contributed by atoms with Gasteiger partial charge in [0.1, 0.15) is 0 Å². The maximum absolute atomic E-state index is 5.74. The van der Waals surface area contributed by atoms with E-state index in [0.717, 1.165) is 12.8 Å². The van der Waals surface area contributed by atoms with Crippen LogP contribution >= 0.6 is 0 Å². The van der Waals surface area contributed by atoms with E-state index in [1.54, 1.807) is 0 Å². The predicted molar refractivity (Wildman–Crippen MR) is 62.9 cm³/mol. The van der Waals surface area contributed by atoms with E-state index < -0.39 is 0 Å². The van der Waals surface area contributed by atoms with Crippen molar-refractivity contribution in [3.63, 3.8) is 0 Å². The number of hydrogen-bond acceptors (Lipinski definition) is 2. The molecule has 90 valence electrons. The van der Waals surface area contributed by atoms with Crippen molar-refractivity contribution >= 4 is 0 Å². The summed E-state index contributed by atoms with van der Waals surface area (Å²) in [7, 11) is 0. The van der Waals surface area contributed by atoms with E-state index in [-0.39, 0.29) is 6.29 Å². The summed E-state index contributed by atoms with van der Waals surface area (Å²) >= 11 is 0. The molecule has 0 aromatic carbocycles. The molecule has 0 aromatic rings. The van der Waals surface area contributed by atoms with Gasteiger partial charge < -0.3 is 9.47 Å². The number of rotatable bonds is 6. The van der Waals surface area contributed by atoms with Crippen LogP contribution in [0.1, 0.15) is 65.7 Å². The standard InChI is InChI=1S/C13H26O2/c1-4-5-6-7-8-9-13-14-11(2)10-12(3)15-13/h11-13H,4-10H2,1-3H3/t11-,12-/m0/s1. The molecule has 1 saturated heterocycles. The van der Waals surface area contributed by atoms with Crippen LogP contribution < -0.4 is 0 Å². The minimum absolute atomic E-state index is 0.0605. The second kappa shape index (κ2) is 7.24. The van der Waals surface area contributed by atoms with Crippen molar-refractivity contribution in [1.82, 2.24) is 0 Å². The van der Waals surface area contributed by atoms with Gasteiger partial charge in [-0.1, -0.05) is 32.6 Å². The molecule has 1 heterocycles. The molecule has 0 unspecified atom stereocenters. The zero-order valence-corrected chi connectivity index (χ0v) is 10.5. The van der Waals surface area contributed by atoms with Gasteiger partial charge in [0, 0.05) is 0 Å². The Morgan fingerprint density at radius 3 is 2.13 bits per heavy atom. The van der Waals surface area contributed by atoms with Crippen molar-refractivity contribution in [3.8, 4) is 0 Å². The molecule has 0 aromatic heterocycles. The van der Waals surface area contributed by atoms with E-state index in [1.165, 1.54) is 32.1 Å². The molecule has 2 heteroatoms. The monoisotopic (exact) mass is 214 g/mol. The van der Waals surface area contributed by atoms with E-state index in [2.05, 4.69) is 20.8 Å². The molecule has 1 fully saturated rings. The molecule has 2 nitrogen and oxygen atoms in total. The van der Waals surface area contributed by atoms with Gasteiger partial charge in [-0.05, 0) is 33.1 Å². The number of hydrogen-bond donors (Lipinski definition) is 0. The molecule has 0 radical (unpaired) electrons. The van der Waals surface area contributed by atoms with Crippen molar-refractivity contribution in [3.05, 3.63) is 0 Å². The molecule has 2 atom stereocenters. The Labute approximate surface area is 94.3 Å². The molecule has 0 N–H and O–H groups in total. The summed E-state index contributed by atoms with van der Waals surface area (Å²) in [5, 5.41) is 0. The molecular weight excluding hydrogens is 188 g/mol. The fraction of sp³-hybridized carbons (Fsp3) is 1.00. The summed E-state index contributed by atoms with van der Waals surface area (Å²) in [5.41, 5.74) is 0. The average Bonchev–Trinajstić information content (AvgIpc) is 2.16. The van der Waals surface area contributed by atoms with Gasteiger partial charge in [0.15, 0.2) is 6.29 Å². The Balaban J connectivity index is 2.04. The number of ether oxygens (including phenoxy) is 2. The lowest BCUT2D eigenvalue weighted by Crippen LogP contribution is -2.35. The second-order valence-corrected chi connectivity index (χ2v) is 4.76. The summed E-state index contributed by atoms with van der Waals surface area (Å²) in [6.07, 6.45) is 9.49. The van der Waals surface area contributed by atoms with Crippen LogP contribution in [-0.2, 0) is 9.47 Å². The highest BCUT2D eigenvalue weighted by molar-refractivity contribution is 4.65. The molecule has 15 heavy (non-hydrogen) atoms. The van der Waals surface area contributed by atoms with Gasteiger partial charge in [0.2, 0.25) is 0 Å². The van der Waals surface area contributed by atoms with Crippen LogP contribution in [-0.4, -0.2) is 18.5 Å². The molecule has 0 bridgehead atoms. The first-order valence-corrected chi connectivity index (χ1v) is 6.53. The van der Waals surface area contributed by atoms with E-state index in [1.807, 2.05) is 0 Å². The predicted octanol–water partition coefficient (Wildman–Crippen LogP) is 3.89. The van der Waals surface area contributed by atoms with E-state index >= 15 is 0 Å². The summed E-state index contributed by atoms with van der Waals surface area (Å²) in [6, 6.07) is 0. The molecule has 1 aliphatic heterocycles. The van der Waals surface area contributed by atoms with E-state index in [9.17, 15) is 0 Å². The van der Waals surface area contributed by atoms with Crippen LogP contribution in [0.15, 0.2) is 0 Å².